The average molecular weight is 287 g/mol. The molecule has 1 unspecified atom stereocenters. The molecular weight excluding hydrogens is 272 g/mol. The number of rotatable bonds is 5. The van der Waals surface area contributed by atoms with Gasteiger partial charge in [0.15, 0.2) is 5.43 Å². The van der Waals surface area contributed by atoms with Crippen molar-refractivity contribution < 1.29 is 4.79 Å². The van der Waals surface area contributed by atoms with Gasteiger partial charge in [-0.3, -0.25) is 9.59 Å². The summed E-state index contributed by atoms with van der Waals surface area (Å²) in [6.45, 7) is 2.65. The van der Waals surface area contributed by atoms with Crippen molar-refractivity contribution in [3.8, 4) is 0 Å². The number of amides is 1. The van der Waals surface area contributed by atoms with Gasteiger partial charge >= 0.3 is 0 Å². The van der Waals surface area contributed by atoms with E-state index in [1.165, 1.54) is 18.5 Å². The number of carbonyl (C=O) groups excluding carboxylic acids is 1. The largest absolute Gasteiger partial charge is 0.367 e. The molecule has 16 heavy (non-hydrogen) atoms. The van der Waals surface area contributed by atoms with Crippen LogP contribution in [0.3, 0.4) is 0 Å². The molecule has 1 heterocycles. The Morgan fingerprint density at radius 2 is 2.38 bits per heavy atom. The highest BCUT2D eigenvalue weighted by Gasteiger charge is 2.08. The van der Waals surface area contributed by atoms with Crippen molar-refractivity contribution in [2.75, 3.05) is 6.54 Å². The lowest BCUT2D eigenvalue weighted by Crippen LogP contribution is -2.29. The summed E-state index contributed by atoms with van der Waals surface area (Å²) in [5.74, 6) is -0.316. The minimum Gasteiger partial charge on any atom is -0.367 e. The van der Waals surface area contributed by atoms with E-state index in [1.807, 2.05) is 0 Å². The van der Waals surface area contributed by atoms with Gasteiger partial charge in [0.25, 0.3) is 5.91 Å². The van der Waals surface area contributed by atoms with Crippen molar-refractivity contribution in [3.63, 3.8) is 0 Å². The molecule has 0 bridgehead atoms. The van der Waals surface area contributed by atoms with Crippen LogP contribution in [0.4, 0.5) is 0 Å². The third-order valence-electron chi connectivity index (χ3n) is 2.13. The Kier molecular flexibility index (Phi) is 5.25. The van der Waals surface area contributed by atoms with Crippen LogP contribution in [0, 0.1) is 0 Å². The molecule has 0 aliphatic carbocycles. The van der Waals surface area contributed by atoms with Crippen LogP contribution < -0.4 is 10.7 Å². The summed E-state index contributed by atoms with van der Waals surface area (Å²) in [6.07, 6.45) is 4.81. The number of carbonyl (C=O) groups is 1. The standard InChI is InChI=1S/C11H15BrN2O2/c1-8(12)3-2-5-14-11(16)9-7-13-6-4-10(9)15/h4,6-8H,2-3,5H2,1H3,(H,13,15)(H,14,16). The van der Waals surface area contributed by atoms with Gasteiger partial charge in [0.2, 0.25) is 0 Å². The van der Waals surface area contributed by atoms with Crippen molar-refractivity contribution in [1.82, 2.24) is 10.3 Å². The van der Waals surface area contributed by atoms with Crippen LogP contribution in [0.15, 0.2) is 23.3 Å². The molecule has 0 aliphatic heterocycles. The maximum absolute atomic E-state index is 11.6. The van der Waals surface area contributed by atoms with Gasteiger partial charge in [0.1, 0.15) is 5.56 Å². The first-order valence-electron chi connectivity index (χ1n) is 5.20. The Morgan fingerprint density at radius 1 is 1.62 bits per heavy atom. The third-order valence-corrected chi connectivity index (χ3v) is 2.59. The molecule has 0 radical (unpaired) electrons. The van der Waals surface area contributed by atoms with Crippen molar-refractivity contribution in [2.45, 2.75) is 24.6 Å². The predicted octanol–water partition coefficient (Wildman–Crippen LogP) is 1.67. The molecule has 2 N–H and O–H groups in total. The Hall–Kier alpha value is -1.10. The summed E-state index contributed by atoms with van der Waals surface area (Å²) in [7, 11) is 0. The van der Waals surface area contributed by atoms with Gasteiger partial charge in [0, 0.05) is 29.8 Å². The highest BCUT2D eigenvalue weighted by molar-refractivity contribution is 9.09. The lowest BCUT2D eigenvalue weighted by atomic mass is 10.2. The van der Waals surface area contributed by atoms with Crippen LogP contribution in [0.5, 0.6) is 0 Å². The number of aromatic amines is 1. The molecule has 1 aromatic heterocycles. The number of hydrogen-bond donors (Lipinski definition) is 2. The fourth-order valence-electron chi connectivity index (χ4n) is 1.27. The molecule has 0 saturated carbocycles. The van der Waals surface area contributed by atoms with E-state index in [1.54, 1.807) is 0 Å². The summed E-state index contributed by atoms with van der Waals surface area (Å²) in [5.41, 5.74) is -0.0977. The van der Waals surface area contributed by atoms with E-state index in [9.17, 15) is 9.59 Å². The highest BCUT2D eigenvalue weighted by atomic mass is 79.9. The second-order valence-corrected chi connectivity index (χ2v) is 5.16. The quantitative estimate of drug-likeness (QED) is 0.639. The van der Waals surface area contributed by atoms with Crippen LogP contribution in [0.2, 0.25) is 0 Å². The zero-order valence-corrected chi connectivity index (χ0v) is 10.7. The zero-order valence-electron chi connectivity index (χ0n) is 9.13. The lowest BCUT2D eigenvalue weighted by molar-refractivity contribution is 0.0951. The van der Waals surface area contributed by atoms with Gasteiger partial charge in [-0.15, -0.1) is 0 Å². The van der Waals surface area contributed by atoms with Gasteiger partial charge in [0.05, 0.1) is 0 Å². The highest BCUT2D eigenvalue weighted by Crippen LogP contribution is 2.05. The first kappa shape index (κ1) is 13.0. The van der Waals surface area contributed by atoms with E-state index < -0.39 is 0 Å². The number of alkyl halides is 1. The summed E-state index contributed by atoms with van der Waals surface area (Å²) >= 11 is 3.43. The van der Waals surface area contributed by atoms with Gasteiger partial charge in [-0.25, -0.2) is 0 Å². The average Bonchev–Trinajstić information content (AvgIpc) is 2.24. The minimum absolute atomic E-state index is 0.161. The van der Waals surface area contributed by atoms with E-state index in [2.05, 4.69) is 33.2 Å². The summed E-state index contributed by atoms with van der Waals surface area (Å²) in [4.78, 5) is 26.1. The van der Waals surface area contributed by atoms with Crippen molar-refractivity contribution in [3.05, 3.63) is 34.2 Å². The van der Waals surface area contributed by atoms with E-state index in [4.69, 9.17) is 0 Å². The second-order valence-electron chi connectivity index (χ2n) is 3.60. The molecule has 1 rings (SSSR count). The molecule has 0 aliphatic rings. The summed E-state index contributed by atoms with van der Waals surface area (Å²) in [6, 6.07) is 1.34. The maximum atomic E-state index is 11.6. The van der Waals surface area contributed by atoms with Crippen LogP contribution in [0.1, 0.15) is 30.1 Å². The number of H-pyrrole nitrogens is 1. The van der Waals surface area contributed by atoms with Gasteiger partial charge in [-0.2, -0.15) is 0 Å². The predicted molar refractivity (Wildman–Crippen MR) is 67.0 cm³/mol. The van der Waals surface area contributed by atoms with Crippen molar-refractivity contribution in [1.29, 1.82) is 0 Å². The first-order valence-corrected chi connectivity index (χ1v) is 6.12. The molecule has 0 spiro atoms. The Bertz CT molecular complexity index is 401. The van der Waals surface area contributed by atoms with E-state index >= 15 is 0 Å². The zero-order chi connectivity index (χ0) is 12.0. The molecular formula is C11H15BrN2O2. The fourth-order valence-corrected chi connectivity index (χ4v) is 1.60. The second kappa shape index (κ2) is 6.48. The maximum Gasteiger partial charge on any atom is 0.256 e. The van der Waals surface area contributed by atoms with Crippen molar-refractivity contribution >= 4 is 21.8 Å². The van der Waals surface area contributed by atoms with Crippen molar-refractivity contribution in [2.24, 2.45) is 0 Å². The number of halogens is 1. The number of hydrogen-bond acceptors (Lipinski definition) is 2. The Morgan fingerprint density at radius 3 is 3.00 bits per heavy atom. The molecule has 0 fully saturated rings. The smallest absolute Gasteiger partial charge is 0.256 e. The summed E-state index contributed by atoms with van der Waals surface area (Å²) in [5, 5.41) is 2.72. The van der Waals surface area contributed by atoms with E-state index in [-0.39, 0.29) is 16.9 Å². The topological polar surface area (TPSA) is 62.0 Å². The first-order chi connectivity index (χ1) is 7.61. The molecule has 5 heteroatoms. The van der Waals surface area contributed by atoms with Gasteiger partial charge in [-0.1, -0.05) is 22.9 Å². The van der Waals surface area contributed by atoms with Crippen LogP contribution in [0.25, 0.3) is 0 Å². The molecule has 1 aromatic rings. The van der Waals surface area contributed by atoms with Crippen LogP contribution in [-0.2, 0) is 0 Å². The minimum atomic E-state index is -0.316. The molecule has 1 amide bonds. The SMILES string of the molecule is CC(Br)CCCNC(=O)c1c[nH]ccc1=O. The molecule has 88 valence electrons. The van der Waals surface area contributed by atoms with Gasteiger partial charge in [-0.05, 0) is 12.8 Å². The molecule has 4 nitrogen and oxygen atoms in total. The number of nitrogens with one attached hydrogen (secondary N) is 2. The van der Waals surface area contributed by atoms with E-state index in [0.29, 0.717) is 11.4 Å². The monoisotopic (exact) mass is 286 g/mol. The molecule has 0 aromatic carbocycles. The number of aromatic nitrogens is 1. The normalized spacial score (nSPS) is 12.1. The third kappa shape index (κ3) is 4.18. The molecule has 1 atom stereocenters. The summed E-state index contributed by atoms with van der Waals surface area (Å²) < 4.78 is 0. The van der Waals surface area contributed by atoms with E-state index in [0.717, 1.165) is 12.8 Å². The van der Waals surface area contributed by atoms with Crippen LogP contribution in [-0.4, -0.2) is 22.3 Å². The number of pyridine rings is 1. The van der Waals surface area contributed by atoms with Gasteiger partial charge < -0.3 is 10.3 Å². The Labute approximate surface area is 103 Å². The molecule has 0 saturated heterocycles. The Balaban J connectivity index is 2.42. The lowest BCUT2D eigenvalue weighted by Gasteiger charge is -2.05. The fraction of sp³-hybridized carbons (Fsp3) is 0.455. The van der Waals surface area contributed by atoms with Crippen LogP contribution >= 0.6 is 15.9 Å².